The van der Waals surface area contributed by atoms with Crippen molar-refractivity contribution in [3.05, 3.63) is 0 Å². The molecule has 1 atom stereocenters. The summed E-state index contributed by atoms with van der Waals surface area (Å²) in [5.41, 5.74) is 0. The van der Waals surface area contributed by atoms with Crippen molar-refractivity contribution in [1.29, 1.82) is 0 Å². The summed E-state index contributed by atoms with van der Waals surface area (Å²) in [7, 11) is 0. The van der Waals surface area contributed by atoms with E-state index in [0.717, 1.165) is 32.5 Å². The first kappa shape index (κ1) is 17.4. The van der Waals surface area contributed by atoms with Crippen molar-refractivity contribution in [3.8, 4) is 0 Å². The Bertz CT molecular complexity index is 220. The molecule has 0 aromatic carbocycles. The highest BCUT2D eigenvalue weighted by Crippen LogP contribution is 2.02. The van der Waals surface area contributed by atoms with Crippen LogP contribution in [0.2, 0.25) is 0 Å². The third kappa shape index (κ3) is 7.67. The predicted molar refractivity (Wildman–Crippen MR) is 75.7 cm³/mol. The van der Waals surface area contributed by atoms with Gasteiger partial charge in [0, 0.05) is 12.6 Å². The van der Waals surface area contributed by atoms with Crippen molar-refractivity contribution >= 4 is 5.97 Å². The SMILES string of the molecule is CCCN(CC)CCC(NC(C)C)C(=O)OCC. The maximum Gasteiger partial charge on any atom is 0.323 e. The van der Waals surface area contributed by atoms with Gasteiger partial charge in [0.05, 0.1) is 6.61 Å². The Morgan fingerprint density at radius 2 is 1.89 bits per heavy atom. The molecule has 0 heterocycles. The van der Waals surface area contributed by atoms with Crippen LogP contribution in [0.1, 0.15) is 47.5 Å². The molecule has 0 aromatic rings. The van der Waals surface area contributed by atoms with Gasteiger partial charge in [0.1, 0.15) is 6.04 Å². The molecular weight excluding hydrogens is 228 g/mol. The Morgan fingerprint density at radius 3 is 2.33 bits per heavy atom. The van der Waals surface area contributed by atoms with Gasteiger partial charge in [-0.2, -0.15) is 0 Å². The van der Waals surface area contributed by atoms with Crippen molar-refractivity contribution < 1.29 is 9.53 Å². The third-order valence-corrected chi connectivity index (χ3v) is 2.83. The van der Waals surface area contributed by atoms with Gasteiger partial charge in [-0.25, -0.2) is 0 Å². The van der Waals surface area contributed by atoms with Crippen LogP contribution in [0.25, 0.3) is 0 Å². The fourth-order valence-corrected chi connectivity index (χ4v) is 1.97. The maximum absolute atomic E-state index is 11.8. The molecule has 4 nitrogen and oxygen atoms in total. The monoisotopic (exact) mass is 258 g/mol. The Balaban J connectivity index is 4.26. The Morgan fingerprint density at radius 1 is 1.22 bits per heavy atom. The van der Waals surface area contributed by atoms with E-state index in [2.05, 4.69) is 37.9 Å². The van der Waals surface area contributed by atoms with Gasteiger partial charge in [0.15, 0.2) is 0 Å². The molecule has 0 saturated heterocycles. The molecule has 0 amide bonds. The fraction of sp³-hybridized carbons (Fsp3) is 0.929. The minimum absolute atomic E-state index is 0.126. The van der Waals surface area contributed by atoms with E-state index in [-0.39, 0.29) is 12.0 Å². The molecular formula is C14H30N2O2. The van der Waals surface area contributed by atoms with Crippen molar-refractivity contribution in [2.75, 3.05) is 26.2 Å². The van der Waals surface area contributed by atoms with Gasteiger partial charge in [0.2, 0.25) is 0 Å². The van der Waals surface area contributed by atoms with Crippen LogP contribution in [0.4, 0.5) is 0 Å². The van der Waals surface area contributed by atoms with Gasteiger partial charge < -0.3 is 15.0 Å². The Labute approximate surface area is 112 Å². The van der Waals surface area contributed by atoms with Gasteiger partial charge in [-0.05, 0) is 32.9 Å². The van der Waals surface area contributed by atoms with Crippen molar-refractivity contribution in [2.24, 2.45) is 0 Å². The number of nitrogens with zero attached hydrogens (tertiary/aromatic N) is 1. The average Bonchev–Trinajstić information content (AvgIpc) is 2.32. The van der Waals surface area contributed by atoms with Gasteiger partial charge >= 0.3 is 5.97 Å². The maximum atomic E-state index is 11.8. The molecule has 1 unspecified atom stereocenters. The first-order valence-electron chi connectivity index (χ1n) is 7.20. The lowest BCUT2D eigenvalue weighted by Crippen LogP contribution is -2.44. The van der Waals surface area contributed by atoms with Crippen molar-refractivity contribution in [1.82, 2.24) is 10.2 Å². The zero-order valence-electron chi connectivity index (χ0n) is 12.7. The van der Waals surface area contributed by atoms with Gasteiger partial charge in [0.25, 0.3) is 0 Å². The average molecular weight is 258 g/mol. The summed E-state index contributed by atoms with van der Waals surface area (Å²) < 4.78 is 5.11. The first-order valence-corrected chi connectivity index (χ1v) is 7.20. The van der Waals surface area contributed by atoms with E-state index in [0.29, 0.717) is 12.6 Å². The normalized spacial score (nSPS) is 13.1. The molecule has 0 aliphatic heterocycles. The van der Waals surface area contributed by atoms with E-state index in [4.69, 9.17) is 4.74 Å². The zero-order valence-corrected chi connectivity index (χ0v) is 12.7. The van der Waals surface area contributed by atoms with Crippen molar-refractivity contribution in [2.45, 2.75) is 59.5 Å². The molecule has 0 radical (unpaired) electrons. The van der Waals surface area contributed by atoms with E-state index in [1.807, 2.05) is 6.92 Å². The van der Waals surface area contributed by atoms with Crippen LogP contribution in [-0.2, 0) is 9.53 Å². The first-order chi connectivity index (χ1) is 8.54. The number of hydrogen-bond donors (Lipinski definition) is 1. The second-order valence-electron chi connectivity index (χ2n) is 4.85. The standard InChI is InChI=1S/C14H30N2O2/c1-6-10-16(7-2)11-9-13(15-12(4)5)14(17)18-8-3/h12-13,15H,6-11H2,1-5H3. The number of rotatable bonds is 10. The minimum Gasteiger partial charge on any atom is -0.465 e. The number of ether oxygens (including phenoxy) is 1. The Kier molecular flexibility index (Phi) is 9.98. The largest absolute Gasteiger partial charge is 0.465 e. The van der Waals surface area contributed by atoms with E-state index in [9.17, 15) is 4.79 Å². The summed E-state index contributed by atoms with van der Waals surface area (Å²) >= 11 is 0. The highest BCUT2D eigenvalue weighted by molar-refractivity contribution is 5.75. The van der Waals surface area contributed by atoms with Gasteiger partial charge in [-0.1, -0.05) is 27.7 Å². The summed E-state index contributed by atoms with van der Waals surface area (Å²) in [6, 6.07) is 0.108. The number of esters is 1. The molecule has 18 heavy (non-hydrogen) atoms. The fourth-order valence-electron chi connectivity index (χ4n) is 1.97. The number of carbonyl (C=O) groups excluding carboxylic acids is 1. The lowest BCUT2D eigenvalue weighted by Gasteiger charge is -2.24. The number of hydrogen-bond acceptors (Lipinski definition) is 4. The molecule has 1 N–H and O–H groups in total. The summed E-state index contributed by atoms with van der Waals surface area (Å²) in [5, 5.41) is 3.28. The molecule has 0 rings (SSSR count). The third-order valence-electron chi connectivity index (χ3n) is 2.83. The second kappa shape index (κ2) is 10.3. The Hall–Kier alpha value is -0.610. The summed E-state index contributed by atoms with van der Waals surface area (Å²) in [6.07, 6.45) is 1.96. The van der Waals surface area contributed by atoms with E-state index < -0.39 is 0 Å². The molecule has 108 valence electrons. The molecule has 0 aliphatic rings. The van der Waals surface area contributed by atoms with Gasteiger partial charge in [-0.15, -0.1) is 0 Å². The molecule has 0 fully saturated rings. The lowest BCUT2D eigenvalue weighted by molar-refractivity contribution is -0.146. The predicted octanol–water partition coefficient (Wildman–Crippen LogP) is 2.04. The van der Waals surface area contributed by atoms with Crippen LogP contribution >= 0.6 is 0 Å². The van der Waals surface area contributed by atoms with Crippen LogP contribution < -0.4 is 5.32 Å². The van der Waals surface area contributed by atoms with Crippen LogP contribution in [0.3, 0.4) is 0 Å². The molecule has 0 aromatic heterocycles. The van der Waals surface area contributed by atoms with Crippen LogP contribution in [0, 0.1) is 0 Å². The van der Waals surface area contributed by atoms with Crippen LogP contribution in [0.15, 0.2) is 0 Å². The van der Waals surface area contributed by atoms with E-state index in [1.165, 1.54) is 0 Å². The lowest BCUT2D eigenvalue weighted by atomic mass is 10.1. The molecule has 0 bridgehead atoms. The minimum atomic E-state index is -0.184. The quantitative estimate of drug-likeness (QED) is 0.609. The van der Waals surface area contributed by atoms with E-state index >= 15 is 0 Å². The highest BCUT2D eigenvalue weighted by atomic mass is 16.5. The van der Waals surface area contributed by atoms with Gasteiger partial charge in [-0.3, -0.25) is 4.79 Å². The van der Waals surface area contributed by atoms with Crippen LogP contribution in [-0.4, -0.2) is 49.2 Å². The summed E-state index contributed by atoms with van der Waals surface area (Å²) in [6.45, 7) is 13.8. The second-order valence-corrected chi connectivity index (χ2v) is 4.85. The molecule has 0 spiro atoms. The van der Waals surface area contributed by atoms with Crippen LogP contribution in [0.5, 0.6) is 0 Å². The summed E-state index contributed by atoms with van der Waals surface area (Å²) in [4.78, 5) is 14.2. The number of nitrogens with one attached hydrogen (secondary N) is 1. The zero-order chi connectivity index (χ0) is 14.0. The molecule has 0 saturated carbocycles. The molecule has 4 heteroatoms. The van der Waals surface area contributed by atoms with Crippen molar-refractivity contribution in [3.63, 3.8) is 0 Å². The summed E-state index contributed by atoms with van der Waals surface area (Å²) in [5.74, 6) is -0.126. The topological polar surface area (TPSA) is 41.6 Å². The smallest absolute Gasteiger partial charge is 0.323 e. The van der Waals surface area contributed by atoms with E-state index in [1.54, 1.807) is 0 Å². The highest BCUT2D eigenvalue weighted by Gasteiger charge is 2.20. The molecule has 0 aliphatic carbocycles. The number of carbonyl (C=O) groups is 1.